The van der Waals surface area contributed by atoms with Crippen molar-refractivity contribution in [1.29, 1.82) is 0 Å². The van der Waals surface area contributed by atoms with Crippen LogP contribution in [-0.4, -0.2) is 51.0 Å². The molecule has 0 saturated carbocycles. The van der Waals surface area contributed by atoms with E-state index < -0.39 is 16.1 Å². The Morgan fingerprint density at radius 2 is 1.79 bits per heavy atom. The number of morpholine rings is 1. The monoisotopic (exact) mass is 467 g/mol. The minimum absolute atomic E-state index is 0.153. The van der Waals surface area contributed by atoms with Gasteiger partial charge in [0, 0.05) is 28.9 Å². The van der Waals surface area contributed by atoms with Crippen LogP contribution in [0.5, 0.6) is 0 Å². The molecular formula is C19H22BrN3O4S. The summed E-state index contributed by atoms with van der Waals surface area (Å²) < 4.78 is 33.1. The fourth-order valence-electron chi connectivity index (χ4n) is 2.78. The summed E-state index contributed by atoms with van der Waals surface area (Å²) in [7, 11) is -3.61. The molecule has 0 unspecified atom stereocenters. The summed E-state index contributed by atoms with van der Waals surface area (Å²) in [5.74, 6) is -0.260. The maximum Gasteiger partial charge on any atom is 0.246 e. The van der Waals surface area contributed by atoms with E-state index in [9.17, 15) is 13.2 Å². The van der Waals surface area contributed by atoms with E-state index in [1.165, 1.54) is 16.4 Å². The molecule has 9 heteroatoms. The molecule has 150 valence electrons. The summed E-state index contributed by atoms with van der Waals surface area (Å²) in [5, 5.41) is 5.88. The van der Waals surface area contributed by atoms with Gasteiger partial charge in [-0.2, -0.15) is 4.31 Å². The predicted octanol–water partition coefficient (Wildman–Crippen LogP) is 2.91. The second-order valence-corrected chi connectivity index (χ2v) is 9.26. The molecular weight excluding hydrogens is 446 g/mol. The van der Waals surface area contributed by atoms with Gasteiger partial charge in [0.25, 0.3) is 0 Å². The maximum absolute atomic E-state index is 12.8. The van der Waals surface area contributed by atoms with E-state index in [1.54, 1.807) is 19.1 Å². The van der Waals surface area contributed by atoms with Crippen molar-refractivity contribution >= 4 is 43.2 Å². The molecule has 7 nitrogen and oxygen atoms in total. The van der Waals surface area contributed by atoms with Crippen molar-refractivity contribution in [3.05, 3.63) is 53.0 Å². The quantitative estimate of drug-likeness (QED) is 0.681. The number of hydrogen-bond donors (Lipinski definition) is 2. The molecule has 0 aromatic heterocycles. The topological polar surface area (TPSA) is 87.7 Å². The number of anilines is 2. The van der Waals surface area contributed by atoms with Gasteiger partial charge < -0.3 is 15.4 Å². The molecule has 1 aliphatic rings. The van der Waals surface area contributed by atoms with Crippen LogP contribution in [0.15, 0.2) is 57.9 Å². The molecule has 0 aliphatic carbocycles. The molecule has 3 rings (SSSR count). The van der Waals surface area contributed by atoms with E-state index in [2.05, 4.69) is 26.6 Å². The number of ether oxygens (including phenoxy) is 1. The number of rotatable bonds is 6. The molecule has 2 aromatic rings. The number of carbonyl (C=O) groups is 1. The molecule has 1 saturated heterocycles. The van der Waals surface area contributed by atoms with Crippen molar-refractivity contribution in [2.75, 3.05) is 36.9 Å². The Bertz CT molecular complexity index is 928. The molecule has 2 N–H and O–H groups in total. The van der Waals surface area contributed by atoms with E-state index in [0.717, 1.165) is 10.2 Å². The van der Waals surface area contributed by atoms with Crippen LogP contribution in [-0.2, 0) is 19.6 Å². The average molecular weight is 468 g/mol. The largest absolute Gasteiger partial charge is 0.379 e. The Morgan fingerprint density at radius 1 is 1.11 bits per heavy atom. The van der Waals surface area contributed by atoms with Crippen LogP contribution in [0.1, 0.15) is 6.92 Å². The number of carbonyl (C=O) groups excluding carboxylic acids is 1. The smallest absolute Gasteiger partial charge is 0.246 e. The highest BCUT2D eigenvalue weighted by molar-refractivity contribution is 9.10. The summed E-state index contributed by atoms with van der Waals surface area (Å²) in [6.07, 6.45) is 0. The number of amides is 1. The van der Waals surface area contributed by atoms with Crippen molar-refractivity contribution in [3.63, 3.8) is 0 Å². The lowest BCUT2D eigenvalue weighted by molar-refractivity contribution is -0.116. The summed E-state index contributed by atoms with van der Waals surface area (Å²) in [5.41, 5.74) is 1.25. The van der Waals surface area contributed by atoms with Gasteiger partial charge in [0.15, 0.2) is 0 Å². The molecule has 1 heterocycles. The number of halogens is 1. The molecule has 1 atom stereocenters. The van der Waals surface area contributed by atoms with Crippen LogP contribution in [0, 0.1) is 0 Å². The Balaban J connectivity index is 1.68. The highest BCUT2D eigenvalue weighted by Crippen LogP contribution is 2.21. The minimum atomic E-state index is -3.61. The first-order valence-electron chi connectivity index (χ1n) is 8.87. The fourth-order valence-corrected chi connectivity index (χ4v) is 4.50. The Kier molecular flexibility index (Phi) is 6.71. The zero-order valence-corrected chi connectivity index (χ0v) is 17.8. The summed E-state index contributed by atoms with van der Waals surface area (Å²) in [6, 6.07) is 13.3. The fraction of sp³-hybridized carbons (Fsp3) is 0.316. The Morgan fingerprint density at radius 3 is 2.46 bits per heavy atom. The van der Waals surface area contributed by atoms with Gasteiger partial charge in [0.05, 0.1) is 18.1 Å². The number of benzene rings is 2. The lowest BCUT2D eigenvalue weighted by Gasteiger charge is -2.26. The minimum Gasteiger partial charge on any atom is -0.379 e. The van der Waals surface area contributed by atoms with E-state index >= 15 is 0 Å². The highest BCUT2D eigenvalue weighted by Gasteiger charge is 2.26. The molecule has 2 aromatic carbocycles. The lowest BCUT2D eigenvalue weighted by atomic mass is 10.2. The molecule has 0 spiro atoms. The molecule has 0 bridgehead atoms. The summed E-state index contributed by atoms with van der Waals surface area (Å²) >= 11 is 3.37. The van der Waals surface area contributed by atoms with Gasteiger partial charge in [0.2, 0.25) is 15.9 Å². The van der Waals surface area contributed by atoms with Crippen molar-refractivity contribution in [2.24, 2.45) is 0 Å². The number of nitrogens with zero attached hydrogens (tertiary/aromatic N) is 1. The third-order valence-electron chi connectivity index (χ3n) is 4.33. The van der Waals surface area contributed by atoms with Gasteiger partial charge >= 0.3 is 0 Å². The first-order valence-corrected chi connectivity index (χ1v) is 11.1. The second kappa shape index (κ2) is 9.04. The van der Waals surface area contributed by atoms with Crippen LogP contribution in [0.25, 0.3) is 0 Å². The lowest BCUT2D eigenvalue weighted by Crippen LogP contribution is -2.40. The van der Waals surface area contributed by atoms with Crippen LogP contribution < -0.4 is 10.6 Å². The number of nitrogens with one attached hydrogen (secondary N) is 2. The van der Waals surface area contributed by atoms with Crippen LogP contribution in [0.3, 0.4) is 0 Å². The molecule has 1 fully saturated rings. The van der Waals surface area contributed by atoms with Gasteiger partial charge in [-0.25, -0.2) is 8.42 Å². The van der Waals surface area contributed by atoms with Crippen molar-refractivity contribution < 1.29 is 17.9 Å². The van der Waals surface area contributed by atoms with Crippen LogP contribution >= 0.6 is 15.9 Å². The predicted molar refractivity (Wildman–Crippen MR) is 112 cm³/mol. The first kappa shape index (κ1) is 20.8. The van der Waals surface area contributed by atoms with Crippen LogP contribution in [0.4, 0.5) is 11.4 Å². The molecule has 28 heavy (non-hydrogen) atoms. The third kappa shape index (κ3) is 5.11. The molecule has 1 aliphatic heterocycles. The van der Waals surface area contributed by atoms with E-state index in [1.807, 2.05) is 24.3 Å². The number of hydrogen-bond acceptors (Lipinski definition) is 5. The Labute approximate surface area is 173 Å². The zero-order chi connectivity index (χ0) is 20.1. The van der Waals surface area contributed by atoms with Gasteiger partial charge in [0.1, 0.15) is 6.04 Å². The van der Waals surface area contributed by atoms with E-state index in [0.29, 0.717) is 32.0 Å². The van der Waals surface area contributed by atoms with Gasteiger partial charge in [-0.1, -0.05) is 22.0 Å². The van der Waals surface area contributed by atoms with E-state index in [-0.39, 0.29) is 10.8 Å². The first-order chi connectivity index (χ1) is 13.4. The Hall–Kier alpha value is -1.94. The van der Waals surface area contributed by atoms with Crippen molar-refractivity contribution in [3.8, 4) is 0 Å². The average Bonchev–Trinajstić information content (AvgIpc) is 2.70. The zero-order valence-electron chi connectivity index (χ0n) is 15.4. The van der Waals surface area contributed by atoms with Gasteiger partial charge in [-0.3, -0.25) is 4.79 Å². The van der Waals surface area contributed by atoms with Gasteiger partial charge in [-0.05, 0) is 49.4 Å². The van der Waals surface area contributed by atoms with Crippen molar-refractivity contribution in [1.82, 2.24) is 4.31 Å². The summed E-state index contributed by atoms with van der Waals surface area (Å²) in [4.78, 5) is 12.6. The maximum atomic E-state index is 12.8. The van der Waals surface area contributed by atoms with Crippen LogP contribution in [0.2, 0.25) is 0 Å². The summed E-state index contributed by atoms with van der Waals surface area (Å²) in [6.45, 7) is 3.16. The SMILES string of the molecule is C[C@@H](Nc1ccc(Br)cc1)C(=O)Nc1cccc(S(=O)(=O)N2CCOCC2)c1. The second-order valence-electron chi connectivity index (χ2n) is 6.41. The third-order valence-corrected chi connectivity index (χ3v) is 6.75. The number of sulfonamides is 1. The standard InChI is InChI=1S/C19H22BrN3O4S/c1-14(21-16-7-5-15(20)6-8-16)19(24)22-17-3-2-4-18(13-17)28(25,26)23-9-11-27-12-10-23/h2-8,13-14,21H,9-12H2,1H3,(H,22,24)/t14-/m1/s1. The molecule has 1 amide bonds. The van der Waals surface area contributed by atoms with Gasteiger partial charge in [-0.15, -0.1) is 0 Å². The van der Waals surface area contributed by atoms with E-state index in [4.69, 9.17) is 4.74 Å². The van der Waals surface area contributed by atoms with Crippen molar-refractivity contribution in [2.45, 2.75) is 17.9 Å². The highest BCUT2D eigenvalue weighted by atomic mass is 79.9. The molecule has 0 radical (unpaired) electrons. The normalized spacial score (nSPS) is 16.4.